The normalized spacial score (nSPS) is 26.5. The van der Waals surface area contributed by atoms with Crippen LogP contribution in [0.2, 0.25) is 0 Å². The summed E-state index contributed by atoms with van der Waals surface area (Å²) in [4.78, 5) is 18.3. The lowest BCUT2D eigenvalue weighted by Crippen LogP contribution is -2.45. The molecular formula is C23H34ClN3O2. The second-order valence-electron chi connectivity index (χ2n) is 9.30. The van der Waals surface area contributed by atoms with Crippen molar-refractivity contribution >= 4 is 23.4 Å². The summed E-state index contributed by atoms with van der Waals surface area (Å²) in [6.45, 7) is 5.30. The standard InChI is InChI=1S/C23H33N3O2.ClH/c1-16-2-9-21-22(14-16)26(23(27)24-21)19-10-12-25(13-11-19)18-5-7-20(8-6-18)28-15-17-3-4-17;/h2,9,14,17-20H,3-8,10-13,15H2,1H3,(H,24,27);1H/t18-,20+;. The summed E-state index contributed by atoms with van der Waals surface area (Å²) in [5, 5.41) is 0. The molecule has 0 amide bonds. The number of aromatic amines is 1. The van der Waals surface area contributed by atoms with E-state index in [0.717, 1.165) is 49.5 Å². The van der Waals surface area contributed by atoms with Crippen molar-refractivity contribution in [3.05, 3.63) is 34.2 Å². The van der Waals surface area contributed by atoms with Crippen LogP contribution in [0.4, 0.5) is 0 Å². The zero-order valence-electron chi connectivity index (χ0n) is 17.4. The summed E-state index contributed by atoms with van der Waals surface area (Å²) < 4.78 is 8.13. The molecule has 5 rings (SSSR count). The van der Waals surface area contributed by atoms with E-state index in [1.54, 1.807) is 0 Å². The highest BCUT2D eigenvalue weighted by Gasteiger charge is 2.31. The van der Waals surface area contributed by atoms with Gasteiger partial charge < -0.3 is 14.6 Å². The molecule has 1 saturated heterocycles. The van der Waals surface area contributed by atoms with E-state index in [2.05, 4.69) is 28.9 Å². The first-order chi connectivity index (χ1) is 13.7. The van der Waals surface area contributed by atoms with Crippen molar-refractivity contribution in [3.63, 3.8) is 0 Å². The molecule has 0 atom stereocenters. The predicted octanol–water partition coefficient (Wildman–Crippen LogP) is 4.43. The third-order valence-electron chi connectivity index (χ3n) is 7.16. The molecule has 1 N–H and O–H groups in total. The van der Waals surface area contributed by atoms with E-state index in [1.165, 1.54) is 44.1 Å². The van der Waals surface area contributed by atoms with Crippen LogP contribution in [0.5, 0.6) is 0 Å². The van der Waals surface area contributed by atoms with E-state index in [9.17, 15) is 4.79 Å². The summed E-state index contributed by atoms with van der Waals surface area (Å²) in [5.74, 6) is 0.869. The van der Waals surface area contributed by atoms with Gasteiger partial charge in [0.1, 0.15) is 0 Å². The number of H-pyrrole nitrogens is 1. The van der Waals surface area contributed by atoms with Gasteiger partial charge in [0, 0.05) is 31.8 Å². The van der Waals surface area contributed by atoms with Gasteiger partial charge in [-0.1, -0.05) is 6.07 Å². The molecule has 1 aromatic heterocycles. The minimum atomic E-state index is 0. The van der Waals surface area contributed by atoms with Crippen LogP contribution < -0.4 is 5.69 Å². The van der Waals surface area contributed by atoms with Gasteiger partial charge in [0.05, 0.1) is 17.1 Å². The van der Waals surface area contributed by atoms with Gasteiger partial charge in [-0.15, -0.1) is 12.4 Å². The van der Waals surface area contributed by atoms with Gasteiger partial charge in [-0.3, -0.25) is 4.57 Å². The molecule has 2 aliphatic carbocycles. The maximum absolute atomic E-state index is 12.6. The SMILES string of the molecule is Cc1ccc2[nH]c(=O)n(C3CCN([C@H]4CC[C@@H](OCC5CC5)CC4)CC3)c2c1.Cl. The highest BCUT2D eigenvalue weighted by atomic mass is 35.5. The Morgan fingerprint density at radius 3 is 2.41 bits per heavy atom. The van der Waals surface area contributed by atoms with E-state index in [-0.39, 0.29) is 18.1 Å². The quantitative estimate of drug-likeness (QED) is 0.779. The molecule has 2 saturated carbocycles. The fourth-order valence-corrected chi connectivity index (χ4v) is 5.24. The lowest BCUT2D eigenvalue weighted by molar-refractivity contribution is -0.00218. The molecule has 0 spiro atoms. The molecule has 160 valence electrons. The number of nitrogens with one attached hydrogen (secondary N) is 1. The van der Waals surface area contributed by atoms with E-state index in [1.807, 2.05) is 10.6 Å². The van der Waals surface area contributed by atoms with Gasteiger partial charge >= 0.3 is 5.69 Å². The molecule has 3 fully saturated rings. The Morgan fingerprint density at radius 1 is 1.00 bits per heavy atom. The zero-order chi connectivity index (χ0) is 19.1. The number of rotatable bonds is 5. The van der Waals surface area contributed by atoms with Crippen molar-refractivity contribution in [2.24, 2.45) is 5.92 Å². The number of hydrogen-bond donors (Lipinski definition) is 1. The second-order valence-corrected chi connectivity index (χ2v) is 9.30. The average molecular weight is 420 g/mol. The molecular weight excluding hydrogens is 386 g/mol. The minimum Gasteiger partial charge on any atom is -0.378 e. The molecule has 5 nitrogen and oxygen atoms in total. The van der Waals surface area contributed by atoms with Crippen LogP contribution in [0.1, 0.15) is 63.0 Å². The summed E-state index contributed by atoms with van der Waals surface area (Å²) in [7, 11) is 0. The third-order valence-corrected chi connectivity index (χ3v) is 7.16. The van der Waals surface area contributed by atoms with Crippen molar-refractivity contribution in [1.29, 1.82) is 0 Å². The summed E-state index contributed by atoms with van der Waals surface area (Å²) in [5.41, 5.74) is 3.28. The van der Waals surface area contributed by atoms with Gasteiger partial charge in [0.15, 0.2) is 0 Å². The molecule has 2 aromatic rings. The molecule has 0 unspecified atom stereocenters. The maximum atomic E-state index is 12.6. The Hall–Kier alpha value is -1.30. The van der Waals surface area contributed by atoms with Crippen LogP contribution in [0.3, 0.4) is 0 Å². The lowest BCUT2D eigenvalue weighted by Gasteiger charge is -2.41. The number of ether oxygens (including phenoxy) is 1. The predicted molar refractivity (Wildman–Crippen MR) is 119 cm³/mol. The Balaban J connectivity index is 0.00000205. The van der Waals surface area contributed by atoms with Crippen molar-refractivity contribution in [2.45, 2.75) is 76.5 Å². The lowest BCUT2D eigenvalue weighted by atomic mass is 9.90. The Labute approximate surface area is 179 Å². The van der Waals surface area contributed by atoms with Crippen molar-refractivity contribution < 1.29 is 4.74 Å². The number of aromatic nitrogens is 2. The molecule has 1 aromatic carbocycles. The van der Waals surface area contributed by atoms with Gasteiger partial charge in [-0.25, -0.2) is 4.79 Å². The Kier molecular flexibility index (Phi) is 6.38. The van der Waals surface area contributed by atoms with Crippen LogP contribution >= 0.6 is 12.4 Å². The van der Waals surface area contributed by atoms with Gasteiger partial charge in [0.25, 0.3) is 0 Å². The van der Waals surface area contributed by atoms with Crippen LogP contribution in [0.25, 0.3) is 11.0 Å². The van der Waals surface area contributed by atoms with E-state index < -0.39 is 0 Å². The number of halogens is 1. The van der Waals surface area contributed by atoms with Gasteiger partial charge in [-0.2, -0.15) is 0 Å². The fraction of sp³-hybridized carbons (Fsp3) is 0.696. The number of nitrogens with zero attached hydrogens (tertiary/aromatic N) is 2. The molecule has 0 radical (unpaired) electrons. The number of imidazole rings is 1. The zero-order valence-corrected chi connectivity index (χ0v) is 18.3. The van der Waals surface area contributed by atoms with E-state index in [0.29, 0.717) is 18.2 Å². The average Bonchev–Trinajstić information content (AvgIpc) is 3.49. The van der Waals surface area contributed by atoms with E-state index >= 15 is 0 Å². The fourth-order valence-electron chi connectivity index (χ4n) is 5.24. The van der Waals surface area contributed by atoms with Crippen molar-refractivity contribution in [2.75, 3.05) is 19.7 Å². The summed E-state index contributed by atoms with van der Waals surface area (Å²) in [6.07, 6.45) is 10.4. The molecule has 6 heteroatoms. The van der Waals surface area contributed by atoms with Crippen LogP contribution in [0.15, 0.2) is 23.0 Å². The Bertz CT molecular complexity index is 872. The smallest absolute Gasteiger partial charge is 0.326 e. The highest BCUT2D eigenvalue weighted by molar-refractivity contribution is 5.85. The first-order valence-electron chi connectivity index (χ1n) is 11.2. The number of aryl methyl sites for hydroxylation is 1. The van der Waals surface area contributed by atoms with Gasteiger partial charge in [-0.05, 0) is 81.9 Å². The Morgan fingerprint density at radius 2 is 1.72 bits per heavy atom. The first kappa shape index (κ1) is 21.0. The van der Waals surface area contributed by atoms with Crippen LogP contribution in [0, 0.1) is 12.8 Å². The molecule has 2 heterocycles. The molecule has 29 heavy (non-hydrogen) atoms. The minimum absolute atomic E-state index is 0. The molecule has 1 aliphatic heterocycles. The van der Waals surface area contributed by atoms with Crippen molar-refractivity contribution in [1.82, 2.24) is 14.5 Å². The van der Waals surface area contributed by atoms with Crippen LogP contribution in [-0.2, 0) is 4.74 Å². The number of likely N-dealkylation sites (tertiary alicyclic amines) is 1. The number of piperidine rings is 1. The molecule has 0 bridgehead atoms. The van der Waals surface area contributed by atoms with E-state index in [4.69, 9.17) is 4.74 Å². The first-order valence-corrected chi connectivity index (χ1v) is 11.2. The topological polar surface area (TPSA) is 50.3 Å². The van der Waals surface area contributed by atoms with Crippen LogP contribution in [-0.4, -0.2) is 46.3 Å². The highest BCUT2D eigenvalue weighted by Crippen LogP contribution is 2.33. The second kappa shape index (κ2) is 8.83. The third kappa shape index (κ3) is 4.57. The number of fused-ring (bicyclic) bond motifs is 1. The monoisotopic (exact) mass is 419 g/mol. The number of hydrogen-bond acceptors (Lipinski definition) is 3. The molecule has 3 aliphatic rings. The summed E-state index contributed by atoms with van der Waals surface area (Å²) >= 11 is 0. The maximum Gasteiger partial charge on any atom is 0.326 e. The van der Waals surface area contributed by atoms with Gasteiger partial charge in [0.2, 0.25) is 0 Å². The number of benzene rings is 1. The largest absolute Gasteiger partial charge is 0.378 e. The summed E-state index contributed by atoms with van der Waals surface area (Å²) in [6, 6.07) is 7.26. The van der Waals surface area contributed by atoms with Crippen molar-refractivity contribution in [3.8, 4) is 0 Å².